The first-order valence-electron chi connectivity index (χ1n) is 31.5. The lowest BCUT2D eigenvalue weighted by Gasteiger charge is -2.48. The Morgan fingerprint density at radius 3 is 0.849 bits per heavy atom. The number of rotatable bonds is 2. The molecule has 0 saturated heterocycles. The van der Waals surface area contributed by atoms with Gasteiger partial charge in [-0.05, 0) is 165 Å². The number of aromatic nitrogens is 2. The van der Waals surface area contributed by atoms with Gasteiger partial charge in [-0.3, -0.25) is 19.6 Å². The number of benzene rings is 18. The molecule has 4 heteroatoms. The Labute approximate surface area is 475 Å². The van der Waals surface area contributed by atoms with E-state index in [2.05, 4.69) is 90.1 Å². The molecule has 3 aliphatic rings. The van der Waals surface area contributed by atoms with Crippen LogP contribution in [0.1, 0.15) is 91.4 Å². The van der Waals surface area contributed by atoms with Crippen molar-refractivity contribution in [3.8, 4) is 0 Å². The summed E-state index contributed by atoms with van der Waals surface area (Å²) < 4.78 is 0. The number of fused-ring (bicyclic) bond motifs is 5. The zero-order valence-electron chi connectivity index (χ0n) is 46.3. The monoisotopic (exact) mass is 1070 g/mol. The maximum Gasteiger partial charge on any atom is 0.195 e. The number of hydrogen-bond acceptors (Lipinski definition) is 4. The van der Waals surface area contributed by atoms with Crippen molar-refractivity contribution in [3.63, 3.8) is 0 Å². The Balaban J connectivity index is 1.09. The number of carbonyl (C=O) groups is 1. The molecule has 2 unspecified atom stereocenters. The molecule has 0 bridgehead atoms. The molecule has 28 aromatic carbocycles. The highest BCUT2D eigenvalue weighted by molar-refractivity contribution is 6.82. The number of hydrogen-bond donors (Lipinski definition) is 0. The number of pyridine rings is 2. The molecule has 0 amide bonds. The zero-order chi connectivity index (χ0) is 54.0. The molecule has 0 spiro atoms. The summed E-state index contributed by atoms with van der Waals surface area (Å²) in [5.74, 6) is 0.104. The van der Waals surface area contributed by atoms with Crippen LogP contribution in [-0.4, -0.2) is 15.8 Å². The van der Waals surface area contributed by atoms with E-state index in [0.29, 0.717) is 0 Å². The molecule has 376 valence electrons. The molecule has 86 heavy (non-hydrogen) atoms. The van der Waals surface area contributed by atoms with Gasteiger partial charge in [0.15, 0.2) is 11.2 Å². The summed E-state index contributed by atoms with van der Waals surface area (Å²) in [5.41, 5.74) is 5.00. The first-order chi connectivity index (χ1) is 41.9. The molecule has 3 aliphatic carbocycles. The predicted molar refractivity (Wildman–Crippen MR) is 359 cm³/mol. The quantitative estimate of drug-likeness (QED) is 0.128. The van der Waals surface area contributed by atoms with Gasteiger partial charge in [0.1, 0.15) is 5.41 Å². The highest BCUT2D eigenvalue weighted by atomic mass is 16.1. The van der Waals surface area contributed by atoms with Crippen LogP contribution in [0.3, 0.4) is 0 Å². The smallest absolute Gasteiger partial charge is 0.195 e. The number of allylic oxidation sites excluding steroid dienone is 2. The van der Waals surface area contributed by atoms with Crippen molar-refractivity contribution in [2.75, 3.05) is 0 Å². The van der Waals surface area contributed by atoms with Crippen LogP contribution in [0.2, 0.25) is 0 Å². The lowest BCUT2D eigenvalue weighted by atomic mass is 9.52. The lowest BCUT2D eigenvalue weighted by molar-refractivity contribution is 0.0937. The Morgan fingerprint density at radius 1 is 0.256 bits per heavy atom. The van der Waals surface area contributed by atoms with E-state index < -0.39 is 10.8 Å². The van der Waals surface area contributed by atoms with Crippen LogP contribution in [0.15, 0.2) is 53.3 Å². The van der Waals surface area contributed by atoms with Gasteiger partial charge in [0, 0.05) is 195 Å². The van der Waals surface area contributed by atoms with Crippen LogP contribution in [0.25, 0.3) is 291 Å². The van der Waals surface area contributed by atoms with Crippen LogP contribution >= 0.6 is 0 Å². The van der Waals surface area contributed by atoms with Gasteiger partial charge in [0.25, 0.3) is 0 Å². The van der Waals surface area contributed by atoms with Gasteiger partial charge in [0.2, 0.25) is 0 Å². The summed E-state index contributed by atoms with van der Waals surface area (Å²) in [5, 5.41) is 73.9. The maximum absolute atomic E-state index is 18.6. The Kier molecular flexibility index (Phi) is 3.72. The van der Waals surface area contributed by atoms with Crippen LogP contribution in [-0.2, 0) is 21.7 Å². The third kappa shape index (κ3) is 2.30. The van der Waals surface area contributed by atoms with Crippen LogP contribution in [0, 0.1) is 0 Å². The van der Waals surface area contributed by atoms with Crippen LogP contribution < -0.4 is 5.43 Å². The average Bonchev–Trinajstić information content (AvgIpc) is 1.37. The highest BCUT2D eigenvalue weighted by Gasteiger charge is 2.61. The van der Waals surface area contributed by atoms with Gasteiger partial charge < -0.3 is 0 Å². The van der Waals surface area contributed by atoms with Gasteiger partial charge >= 0.3 is 0 Å². The third-order valence-electron chi connectivity index (χ3n) is 27.6. The van der Waals surface area contributed by atoms with E-state index in [4.69, 9.17) is 9.97 Å². The lowest BCUT2D eigenvalue weighted by Crippen LogP contribution is -2.47. The Hall–Kier alpha value is -10.2. The fraction of sp³-hybridized carbons (Fsp3) is 0.122. The van der Waals surface area contributed by atoms with Crippen molar-refractivity contribution in [2.45, 2.75) is 63.2 Å². The fourth-order valence-corrected chi connectivity index (χ4v) is 26.1. The summed E-state index contributed by atoms with van der Waals surface area (Å²) in [7, 11) is 0. The highest BCUT2D eigenvalue weighted by Crippen LogP contribution is 2.80. The second-order valence-electron chi connectivity index (χ2n) is 31.7. The summed E-state index contributed by atoms with van der Waals surface area (Å²) in [6.07, 6.45) is 4.87. The van der Waals surface area contributed by atoms with Crippen molar-refractivity contribution in [1.29, 1.82) is 0 Å². The molecule has 0 N–H and O–H groups in total. The largest absolute Gasteiger partial charge is 0.292 e. The van der Waals surface area contributed by atoms with E-state index >= 15 is 9.59 Å². The van der Waals surface area contributed by atoms with Gasteiger partial charge in [-0.1, -0.05) is 65.8 Å². The molecule has 0 fully saturated rings. The summed E-state index contributed by atoms with van der Waals surface area (Å²) >= 11 is 0. The standard InChI is InChI=1S/C82H26N2O2/c1-79(2,3)15-9-7-11-17(83-15)81-13-14-82(18-12-8-10-16(84-18)80(4,5)6)76-70-61-52-43-33-27-21-20-19-23-24-22(21)28(33)36-39-30(24)38-29(23)37-32-25(19)31-26(20)34-35(27)45-51(43)60(61)69(75(76)81)66-56(45)44(34)50-40(31)42-41(32)54-47(37)53-48(38)55-49(39)57(46(36)52)67(70)72(78(82)86)64(55)62(53)71-63(54)65-58(42)59(50)68(66)74(81)73(65)77(71)85/h7-14H,1-6H3. The minimum Gasteiger partial charge on any atom is -0.292 e. The van der Waals surface area contributed by atoms with Crippen molar-refractivity contribution in [3.05, 3.63) is 104 Å². The number of nitrogens with zero attached hydrogens (tertiary/aromatic N) is 2. The van der Waals surface area contributed by atoms with Crippen molar-refractivity contribution >= 4 is 297 Å². The van der Waals surface area contributed by atoms with Crippen molar-refractivity contribution in [1.82, 2.24) is 9.97 Å². The first kappa shape index (κ1) is 36.5. The van der Waals surface area contributed by atoms with E-state index in [0.717, 1.165) is 71.8 Å². The minimum absolute atomic E-state index is 0.104. The van der Waals surface area contributed by atoms with E-state index in [1.165, 1.54) is 264 Å². The number of ketones is 1. The molecule has 4 nitrogen and oxygen atoms in total. The van der Waals surface area contributed by atoms with E-state index in [1.54, 1.807) is 0 Å². The molecule has 0 saturated carbocycles. The normalized spacial score (nSPS) is 20.6. The fourth-order valence-electron chi connectivity index (χ4n) is 26.1. The Bertz CT molecular complexity index is 8640. The molecule has 2 aromatic heterocycles. The Morgan fingerprint density at radius 2 is 0.488 bits per heavy atom. The second kappa shape index (κ2) is 8.76. The molecule has 2 atom stereocenters. The van der Waals surface area contributed by atoms with Gasteiger partial charge in [-0.2, -0.15) is 0 Å². The summed E-state index contributed by atoms with van der Waals surface area (Å²) in [6, 6.07) is 13.4. The van der Waals surface area contributed by atoms with Crippen LogP contribution in [0.5, 0.6) is 0 Å². The number of Topliss-reactive ketones (excluding diaryl/α,β-unsaturated/α-hetero) is 1. The molecule has 0 aliphatic heterocycles. The first-order valence-corrected chi connectivity index (χ1v) is 31.5. The van der Waals surface area contributed by atoms with Crippen molar-refractivity contribution < 1.29 is 4.79 Å². The molecule has 2 heterocycles. The second-order valence-corrected chi connectivity index (χ2v) is 31.7. The molecule has 0 radical (unpaired) electrons. The molecule has 30 aromatic rings. The predicted octanol–water partition coefficient (Wildman–Crippen LogP) is 20.5. The van der Waals surface area contributed by atoms with E-state index in [9.17, 15) is 0 Å². The summed E-state index contributed by atoms with van der Waals surface area (Å²) in [4.78, 5) is 48.8. The van der Waals surface area contributed by atoms with Gasteiger partial charge in [-0.15, -0.1) is 0 Å². The zero-order valence-corrected chi connectivity index (χ0v) is 46.3. The number of carbonyl (C=O) groups excluding carboxylic acids is 1. The average molecular weight is 1070 g/mol. The molecular formula is C82H26N2O2. The van der Waals surface area contributed by atoms with Crippen molar-refractivity contribution in [2.24, 2.45) is 0 Å². The molecule has 33 rings (SSSR count). The van der Waals surface area contributed by atoms with E-state index in [-0.39, 0.29) is 22.0 Å². The topological polar surface area (TPSA) is 59.9 Å². The summed E-state index contributed by atoms with van der Waals surface area (Å²) in [6.45, 7) is 13.7. The SMILES string of the molecule is CC(C)(C)c1cccc(C23C=CC4(c5cccc(C(C)(C)C)n5)c5c2c2c6c(c7c8c9c(=O)c%10c4c4c%11c5c5c2c2c%12c6c6c7c7c8c8c%13c9c%10c9c4c4c%10c%11c%11c5c2c2c5c%12c6c6c7c7c8c8c%13c9c4c4c9c%10c%11c2c2c5c6c7c(c48)c92)C3=O)n1. The maximum atomic E-state index is 18.6. The minimum atomic E-state index is -1.35. The van der Waals surface area contributed by atoms with Crippen LogP contribution in [0.4, 0.5) is 0 Å². The third-order valence-corrected chi connectivity index (χ3v) is 27.6. The van der Waals surface area contributed by atoms with Gasteiger partial charge in [0.05, 0.1) is 16.8 Å². The van der Waals surface area contributed by atoms with E-state index in [1.807, 2.05) is 0 Å². The van der Waals surface area contributed by atoms with Gasteiger partial charge in [-0.25, -0.2) is 0 Å². The molecular weight excluding hydrogens is 1040 g/mol.